The number of rotatable bonds is 3. The van der Waals surface area contributed by atoms with Gasteiger partial charge in [-0.2, -0.15) is 0 Å². The molecule has 0 bridgehead atoms. The van der Waals surface area contributed by atoms with Gasteiger partial charge in [-0.05, 0) is 42.3 Å². The van der Waals surface area contributed by atoms with Crippen molar-refractivity contribution in [2.24, 2.45) is 0 Å². The number of carbonyl (C=O) groups excluding carboxylic acids is 1. The fraction of sp³-hybridized carbons (Fsp3) is 0.188. The Morgan fingerprint density at radius 2 is 1.95 bits per heavy atom. The van der Waals surface area contributed by atoms with Gasteiger partial charge in [0.25, 0.3) is 5.91 Å². The Hall–Kier alpha value is -2.36. The molecule has 104 valence electrons. The second kappa shape index (κ2) is 5.74. The predicted molar refractivity (Wildman–Crippen MR) is 77.8 cm³/mol. The summed E-state index contributed by atoms with van der Waals surface area (Å²) in [7, 11) is 1.71. The molecule has 4 heteroatoms. The van der Waals surface area contributed by atoms with Crippen LogP contribution in [0.5, 0.6) is 0 Å². The Balaban J connectivity index is 2.19. The maximum atomic E-state index is 13.1. The molecule has 0 aliphatic heterocycles. The number of nitrogen functional groups attached to an aromatic ring is 1. The van der Waals surface area contributed by atoms with Crippen molar-refractivity contribution in [3.8, 4) is 0 Å². The van der Waals surface area contributed by atoms with Crippen molar-refractivity contribution in [1.29, 1.82) is 0 Å². The van der Waals surface area contributed by atoms with E-state index >= 15 is 0 Å². The van der Waals surface area contributed by atoms with Crippen molar-refractivity contribution in [3.05, 3.63) is 65.0 Å². The summed E-state index contributed by atoms with van der Waals surface area (Å²) in [5.41, 5.74) is 8.55. The highest BCUT2D eigenvalue weighted by Crippen LogP contribution is 2.16. The van der Waals surface area contributed by atoms with Crippen LogP contribution in [0.4, 0.5) is 10.1 Å². The number of hydrogen-bond donors (Lipinski definition) is 1. The van der Waals surface area contributed by atoms with Crippen LogP contribution < -0.4 is 5.73 Å². The second-order valence-electron chi connectivity index (χ2n) is 4.82. The van der Waals surface area contributed by atoms with Crippen LogP contribution >= 0.6 is 0 Å². The molecule has 0 aliphatic rings. The lowest BCUT2D eigenvalue weighted by Gasteiger charge is -2.19. The smallest absolute Gasteiger partial charge is 0.254 e. The summed E-state index contributed by atoms with van der Waals surface area (Å²) in [6.07, 6.45) is 0. The van der Waals surface area contributed by atoms with Crippen molar-refractivity contribution >= 4 is 11.6 Å². The minimum Gasteiger partial charge on any atom is -0.398 e. The summed E-state index contributed by atoms with van der Waals surface area (Å²) in [5.74, 6) is -0.486. The summed E-state index contributed by atoms with van der Waals surface area (Å²) >= 11 is 0. The predicted octanol–water partition coefficient (Wildman–Crippen LogP) is 2.99. The van der Waals surface area contributed by atoms with Gasteiger partial charge in [0.2, 0.25) is 0 Å². The molecule has 20 heavy (non-hydrogen) atoms. The minimum absolute atomic E-state index is 0.147. The molecular formula is C16H17FN2O. The van der Waals surface area contributed by atoms with E-state index in [0.717, 1.165) is 5.56 Å². The van der Waals surface area contributed by atoms with Crippen molar-refractivity contribution in [3.63, 3.8) is 0 Å². The Bertz CT molecular complexity index is 640. The number of halogens is 1. The normalized spacial score (nSPS) is 10.3. The first-order valence-corrected chi connectivity index (χ1v) is 6.34. The zero-order valence-corrected chi connectivity index (χ0v) is 11.6. The Morgan fingerprint density at radius 3 is 2.60 bits per heavy atom. The fourth-order valence-electron chi connectivity index (χ4n) is 2.08. The molecule has 0 aromatic heterocycles. The summed E-state index contributed by atoms with van der Waals surface area (Å²) < 4.78 is 13.1. The van der Waals surface area contributed by atoms with Crippen molar-refractivity contribution < 1.29 is 9.18 Å². The van der Waals surface area contributed by atoms with E-state index in [1.807, 2.05) is 18.2 Å². The molecule has 2 N–H and O–H groups in total. The molecule has 0 fully saturated rings. The number of carbonyl (C=O) groups is 1. The van der Waals surface area contributed by atoms with Gasteiger partial charge in [0.1, 0.15) is 5.82 Å². The zero-order valence-electron chi connectivity index (χ0n) is 11.6. The van der Waals surface area contributed by atoms with E-state index in [4.69, 9.17) is 5.73 Å². The highest BCUT2D eigenvalue weighted by atomic mass is 19.1. The molecule has 3 nitrogen and oxygen atoms in total. The van der Waals surface area contributed by atoms with E-state index in [1.54, 1.807) is 24.9 Å². The average molecular weight is 272 g/mol. The van der Waals surface area contributed by atoms with E-state index in [2.05, 4.69) is 0 Å². The molecule has 0 saturated carbocycles. The fourth-order valence-corrected chi connectivity index (χ4v) is 2.08. The maximum Gasteiger partial charge on any atom is 0.254 e. The summed E-state index contributed by atoms with van der Waals surface area (Å²) in [4.78, 5) is 13.9. The van der Waals surface area contributed by atoms with Gasteiger partial charge >= 0.3 is 0 Å². The molecule has 0 atom stereocenters. The van der Waals surface area contributed by atoms with Gasteiger partial charge in [0.05, 0.1) is 0 Å². The van der Waals surface area contributed by atoms with Crippen LogP contribution in [0.1, 0.15) is 21.5 Å². The third-order valence-electron chi connectivity index (χ3n) is 3.23. The van der Waals surface area contributed by atoms with Crippen LogP contribution in [-0.2, 0) is 6.54 Å². The maximum absolute atomic E-state index is 13.1. The largest absolute Gasteiger partial charge is 0.398 e. The van der Waals surface area contributed by atoms with Crippen LogP contribution in [0.15, 0.2) is 42.5 Å². The summed E-state index contributed by atoms with van der Waals surface area (Å²) in [6, 6.07) is 11.6. The van der Waals surface area contributed by atoms with Gasteiger partial charge in [-0.15, -0.1) is 0 Å². The van der Waals surface area contributed by atoms with E-state index in [-0.39, 0.29) is 11.7 Å². The highest BCUT2D eigenvalue weighted by molar-refractivity contribution is 5.95. The molecular weight excluding hydrogens is 255 g/mol. The summed E-state index contributed by atoms with van der Waals surface area (Å²) in [5, 5.41) is 0. The second-order valence-corrected chi connectivity index (χ2v) is 4.82. The van der Waals surface area contributed by atoms with E-state index in [9.17, 15) is 9.18 Å². The van der Waals surface area contributed by atoms with Crippen LogP contribution in [0.25, 0.3) is 0 Å². The monoisotopic (exact) mass is 272 g/mol. The van der Waals surface area contributed by atoms with Gasteiger partial charge < -0.3 is 10.6 Å². The molecule has 1 amide bonds. The number of amides is 1. The zero-order chi connectivity index (χ0) is 14.7. The topological polar surface area (TPSA) is 46.3 Å². The molecule has 0 unspecified atom stereocenters. The molecule has 2 rings (SSSR count). The van der Waals surface area contributed by atoms with Crippen molar-refractivity contribution in [1.82, 2.24) is 4.90 Å². The first-order valence-electron chi connectivity index (χ1n) is 6.34. The third kappa shape index (κ3) is 2.96. The van der Waals surface area contributed by atoms with E-state index < -0.39 is 0 Å². The molecule has 2 aromatic carbocycles. The number of anilines is 1. The number of benzene rings is 2. The Kier molecular flexibility index (Phi) is 4.03. The van der Waals surface area contributed by atoms with Crippen LogP contribution in [0.3, 0.4) is 0 Å². The number of hydrogen-bond acceptors (Lipinski definition) is 2. The Labute approximate surface area is 117 Å². The molecule has 0 spiro atoms. The van der Waals surface area contributed by atoms with E-state index in [1.165, 1.54) is 18.2 Å². The number of nitrogens with two attached hydrogens (primary N) is 1. The lowest BCUT2D eigenvalue weighted by Crippen LogP contribution is -2.27. The third-order valence-corrected chi connectivity index (χ3v) is 3.23. The highest BCUT2D eigenvalue weighted by Gasteiger charge is 2.15. The van der Waals surface area contributed by atoms with Crippen LogP contribution in [0, 0.1) is 12.7 Å². The number of para-hydroxylation sites is 1. The van der Waals surface area contributed by atoms with Crippen LogP contribution in [-0.4, -0.2) is 17.9 Å². The summed E-state index contributed by atoms with van der Waals surface area (Å²) in [6.45, 7) is 2.14. The average Bonchev–Trinajstić information content (AvgIpc) is 2.40. The molecule has 2 aromatic rings. The lowest BCUT2D eigenvalue weighted by atomic mass is 10.1. The van der Waals surface area contributed by atoms with Crippen molar-refractivity contribution in [2.45, 2.75) is 13.5 Å². The number of nitrogens with zero attached hydrogens (tertiary/aromatic N) is 1. The van der Waals surface area contributed by atoms with Crippen LogP contribution in [0.2, 0.25) is 0 Å². The van der Waals surface area contributed by atoms with Gasteiger partial charge in [-0.25, -0.2) is 4.39 Å². The van der Waals surface area contributed by atoms with Gasteiger partial charge in [0, 0.05) is 24.8 Å². The minimum atomic E-state index is -0.339. The molecule has 0 aliphatic carbocycles. The molecule has 0 radical (unpaired) electrons. The quantitative estimate of drug-likeness (QED) is 0.873. The Morgan fingerprint density at radius 1 is 1.25 bits per heavy atom. The molecule has 0 heterocycles. The van der Waals surface area contributed by atoms with Gasteiger partial charge in [-0.3, -0.25) is 4.79 Å². The van der Waals surface area contributed by atoms with E-state index in [0.29, 0.717) is 23.4 Å². The van der Waals surface area contributed by atoms with Crippen molar-refractivity contribution in [2.75, 3.05) is 12.8 Å². The number of aryl methyl sites for hydroxylation is 1. The molecule has 0 saturated heterocycles. The standard InChI is InChI=1S/C16H17FN2O/c1-11-9-13(17)7-8-14(11)16(20)19(2)10-12-5-3-4-6-15(12)18/h3-9H,10,18H2,1-2H3. The lowest BCUT2D eigenvalue weighted by molar-refractivity contribution is 0.0784. The van der Waals surface area contributed by atoms with Gasteiger partial charge in [0.15, 0.2) is 0 Å². The first-order chi connectivity index (χ1) is 9.49. The van der Waals surface area contributed by atoms with Gasteiger partial charge in [-0.1, -0.05) is 18.2 Å². The first kappa shape index (κ1) is 14.1. The SMILES string of the molecule is Cc1cc(F)ccc1C(=O)N(C)Cc1ccccc1N.